The summed E-state index contributed by atoms with van der Waals surface area (Å²) < 4.78 is 12.4. The van der Waals surface area contributed by atoms with E-state index in [4.69, 9.17) is 25.8 Å². The van der Waals surface area contributed by atoms with E-state index in [1.165, 1.54) is 0 Å². The quantitative estimate of drug-likeness (QED) is 0.374. The maximum absolute atomic E-state index is 14.1. The van der Waals surface area contributed by atoms with Crippen LogP contribution in [0.15, 0.2) is 39.8 Å². The molecule has 1 aromatic carbocycles. The Morgan fingerprint density at radius 1 is 1.08 bits per heavy atom. The van der Waals surface area contributed by atoms with Crippen molar-refractivity contribution in [1.82, 2.24) is 29.6 Å². The summed E-state index contributed by atoms with van der Waals surface area (Å²) in [5.41, 5.74) is 2.42. The van der Waals surface area contributed by atoms with Crippen LogP contribution in [0.1, 0.15) is 31.6 Å². The molecule has 0 saturated carbocycles. The van der Waals surface area contributed by atoms with Crippen molar-refractivity contribution in [3.8, 4) is 22.5 Å². The van der Waals surface area contributed by atoms with Gasteiger partial charge in [-0.15, -0.1) is 0 Å². The van der Waals surface area contributed by atoms with Gasteiger partial charge in [0.05, 0.1) is 0 Å². The van der Waals surface area contributed by atoms with Crippen molar-refractivity contribution >= 4 is 28.6 Å². The molecule has 4 aromatic rings. The smallest absolute Gasteiger partial charge is 0.260 e. The molecule has 0 radical (unpaired) electrons. The number of hydrogen-bond donors (Lipinski definition) is 1. The fourth-order valence-corrected chi connectivity index (χ4v) is 5.69. The second kappa shape index (κ2) is 11.0. The van der Waals surface area contributed by atoms with Crippen LogP contribution in [0.3, 0.4) is 0 Å². The van der Waals surface area contributed by atoms with Gasteiger partial charge in [0.2, 0.25) is 17.7 Å². The fourth-order valence-electron chi connectivity index (χ4n) is 5.41. The standard InChI is InChI=1S/C28H32ClN7O3/c1-17-31-25(34-39-17)19-3-4-22(24(29)14-19)23-13-20-15-30-28(32-21-7-11-38-12-8-21)33-26(20)36(27(23)37)16-18-5-9-35(2)10-6-18/h3-4,13-15,18,21H,5-12,16H2,1-2H3,(H,30,32,33). The molecule has 11 heteroatoms. The molecule has 10 nitrogen and oxygen atoms in total. The molecule has 3 aromatic heterocycles. The summed E-state index contributed by atoms with van der Waals surface area (Å²) in [6.07, 6.45) is 5.67. The van der Waals surface area contributed by atoms with Crippen molar-refractivity contribution in [2.24, 2.45) is 5.92 Å². The van der Waals surface area contributed by atoms with Gasteiger partial charge in [0.25, 0.3) is 5.56 Å². The van der Waals surface area contributed by atoms with Gasteiger partial charge in [-0.05, 0) is 63.9 Å². The first-order valence-corrected chi connectivity index (χ1v) is 13.9. The summed E-state index contributed by atoms with van der Waals surface area (Å²) >= 11 is 6.75. The number of benzene rings is 1. The summed E-state index contributed by atoms with van der Waals surface area (Å²) in [5.74, 6) is 1.86. The van der Waals surface area contributed by atoms with Crippen LogP contribution < -0.4 is 10.9 Å². The molecule has 5 heterocycles. The third kappa shape index (κ3) is 5.54. The van der Waals surface area contributed by atoms with E-state index in [2.05, 4.69) is 32.4 Å². The number of hydrogen-bond acceptors (Lipinski definition) is 9. The molecular formula is C28H32ClN7O3. The predicted octanol–water partition coefficient (Wildman–Crippen LogP) is 4.40. The van der Waals surface area contributed by atoms with Gasteiger partial charge < -0.3 is 19.5 Å². The fraction of sp³-hybridized carbons (Fsp3) is 0.464. The zero-order valence-electron chi connectivity index (χ0n) is 22.2. The van der Waals surface area contributed by atoms with Crippen LogP contribution in [0.2, 0.25) is 5.02 Å². The molecule has 0 atom stereocenters. The number of ether oxygens (including phenoxy) is 1. The highest BCUT2D eigenvalue weighted by atomic mass is 35.5. The van der Waals surface area contributed by atoms with Crippen molar-refractivity contribution < 1.29 is 9.26 Å². The van der Waals surface area contributed by atoms with Gasteiger partial charge in [-0.3, -0.25) is 9.36 Å². The molecule has 0 bridgehead atoms. The topological polar surface area (TPSA) is 111 Å². The molecule has 6 rings (SSSR count). The molecule has 0 aliphatic carbocycles. The minimum absolute atomic E-state index is 0.109. The number of pyridine rings is 1. The Bertz CT molecular complexity index is 1540. The molecule has 39 heavy (non-hydrogen) atoms. The molecule has 0 spiro atoms. The van der Waals surface area contributed by atoms with Gasteiger partial charge in [0, 0.05) is 66.0 Å². The Kier molecular flexibility index (Phi) is 7.33. The van der Waals surface area contributed by atoms with Crippen molar-refractivity contribution in [2.75, 3.05) is 38.7 Å². The van der Waals surface area contributed by atoms with E-state index in [1.807, 2.05) is 22.8 Å². The number of fused-ring (bicyclic) bond motifs is 1. The number of anilines is 1. The molecule has 0 amide bonds. The molecule has 2 aliphatic rings. The largest absolute Gasteiger partial charge is 0.381 e. The summed E-state index contributed by atoms with van der Waals surface area (Å²) in [4.78, 5) is 30.2. The van der Waals surface area contributed by atoms with Crippen molar-refractivity contribution in [1.29, 1.82) is 0 Å². The van der Waals surface area contributed by atoms with Crippen LogP contribution in [0.4, 0.5) is 5.95 Å². The molecule has 0 unspecified atom stereocenters. The number of halogens is 1. The summed E-state index contributed by atoms with van der Waals surface area (Å²) in [7, 11) is 2.14. The average Bonchev–Trinajstić information content (AvgIpc) is 3.38. The van der Waals surface area contributed by atoms with Crippen molar-refractivity contribution in [3.63, 3.8) is 0 Å². The second-order valence-electron chi connectivity index (χ2n) is 10.6. The molecule has 2 saturated heterocycles. The Balaban J connectivity index is 1.41. The second-order valence-corrected chi connectivity index (χ2v) is 11.0. The van der Waals surface area contributed by atoms with Gasteiger partial charge in [0.15, 0.2) is 0 Å². The minimum Gasteiger partial charge on any atom is -0.381 e. The number of piperidine rings is 1. The lowest BCUT2D eigenvalue weighted by Crippen LogP contribution is -2.34. The summed E-state index contributed by atoms with van der Waals surface area (Å²) in [6.45, 7) is 5.82. The van der Waals surface area contributed by atoms with Crippen LogP contribution in [-0.4, -0.2) is 69.0 Å². The van der Waals surface area contributed by atoms with Gasteiger partial charge in [-0.25, -0.2) is 4.98 Å². The number of likely N-dealkylation sites (tertiary alicyclic amines) is 1. The van der Waals surface area contributed by atoms with Crippen LogP contribution in [0, 0.1) is 12.8 Å². The number of aryl methyl sites for hydroxylation is 1. The molecular weight excluding hydrogens is 518 g/mol. The van der Waals surface area contributed by atoms with Crippen molar-refractivity contribution in [2.45, 2.75) is 45.2 Å². The zero-order valence-corrected chi connectivity index (χ0v) is 22.9. The maximum Gasteiger partial charge on any atom is 0.260 e. The van der Waals surface area contributed by atoms with E-state index in [-0.39, 0.29) is 11.6 Å². The summed E-state index contributed by atoms with van der Waals surface area (Å²) in [6, 6.07) is 7.57. The SMILES string of the molecule is Cc1nc(-c2ccc(-c3cc4cnc(NC5CCOCC5)nc4n(CC4CCN(C)CC4)c3=O)c(Cl)c2)no1. The normalized spacial score (nSPS) is 17.6. The molecule has 1 N–H and O–H groups in total. The molecule has 2 fully saturated rings. The van der Waals surface area contributed by atoms with Gasteiger partial charge in [0.1, 0.15) is 5.65 Å². The Labute approximate surface area is 231 Å². The first kappa shape index (κ1) is 25.9. The van der Waals surface area contributed by atoms with Gasteiger partial charge in [-0.1, -0.05) is 28.9 Å². The highest BCUT2D eigenvalue weighted by Crippen LogP contribution is 2.32. The van der Waals surface area contributed by atoms with Crippen LogP contribution in [0.25, 0.3) is 33.5 Å². The Morgan fingerprint density at radius 2 is 1.87 bits per heavy atom. The highest BCUT2D eigenvalue weighted by molar-refractivity contribution is 6.33. The Hall–Kier alpha value is -3.34. The van der Waals surface area contributed by atoms with Crippen molar-refractivity contribution in [3.05, 3.63) is 51.7 Å². The number of nitrogens with one attached hydrogen (secondary N) is 1. The number of nitrogens with zero attached hydrogens (tertiary/aromatic N) is 6. The van der Waals surface area contributed by atoms with E-state index in [0.29, 0.717) is 51.9 Å². The average molecular weight is 550 g/mol. The third-order valence-corrected chi connectivity index (χ3v) is 8.02. The lowest BCUT2D eigenvalue weighted by atomic mass is 9.96. The molecule has 2 aliphatic heterocycles. The first-order chi connectivity index (χ1) is 18.9. The Morgan fingerprint density at radius 3 is 2.59 bits per heavy atom. The van der Waals surface area contributed by atoms with Crippen LogP contribution in [0.5, 0.6) is 0 Å². The zero-order chi connectivity index (χ0) is 26.9. The van der Waals surface area contributed by atoms with E-state index >= 15 is 0 Å². The number of rotatable bonds is 6. The molecule has 204 valence electrons. The lowest BCUT2D eigenvalue weighted by Gasteiger charge is -2.29. The monoisotopic (exact) mass is 549 g/mol. The van der Waals surface area contributed by atoms with Gasteiger partial charge >= 0.3 is 0 Å². The number of aromatic nitrogens is 5. The van der Waals surface area contributed by atoms with Crippen LogP contribution >= 0.6 is 11.6 Å². The van der Waals surface area contributed by atoms with E-state index in [0.717, 1.165) is 62.9 Å². The summed E-state index contributed by atoms with van der Waals surface area (Å²) in [5, 5.41) is 8.66. The van der Waals surface area contributed by atoms with E-state index in [9.17, 15) is 4.79 Å². The maximum atomic E-state index is 14.1. The van der Waals surface area contributed by atoms with Gasteiger partial charge in [-0.2, -0.15) is 9.97 Å². The highest BCUT2D eigenvalue weighted by Gasteiger charge is 2.22. The van der Waals surface area contributed by atoms with E-state index < -0.39 is 0 Å². The first-order valence-electron chi connectivity index (χ1n) is 13.5. The lowest BCUT2D eigenvalue weighted by molar-refractivity contribution is 0.0903. The van der Waals surface area contributed by atoms with E-state index in [1.54, 1.807) is 19.2 Å². The minimum atomic E-state index is -0.109. The van der Waals surface area contributed by atoms with Crippen LogP contribution in [-0.2, 0) is 11.3 Å². The predicted molar refractivity (Wildman–Crippen MR) is 150 cm³/mol. The third-order valence-electron chi connectivity index (χ3n) is 7.71.